The van der Waals surface area contributed by atoms with Crippen molar-refractivity contribution in [1.29, 1.82) is 0 Å². The van der Waals surface area contributed by atoms with Crippen molar-refractivity contribution in [3.05, 3.63) is 108 Å². The Hall–Kier alpha value is -1.86. The van der Waals surface area contributed by atoms with Crippen LogP contribution in [-0.2, 0) is 28.2 Å². The number of benzene rings is 3. The molecule has 0 aliphatic carbocycles. The maximum Gasteiger partial charge on any atom is 0.133 e. The van der Waals surface area contributed by atoms with E-state index in [9.17, 15) is 0 Å². The van der Waals surface area contributed by atoms with Crippen molar-refractivity contribution < 1.29 is 28.9 Å². The van der Waals surface area contributed by atoms with Gasteiger partial charge in [-0.25, -0.2) is 18.6 Å². The minimum absolute atomic E-state index is 0.323. The van der Waals surface area contributed by atoms with E-state index in [2.05, 4.69) is 91.0 Å². The molecule has 0 fully saturated rings. The highest BCUT2D eigenvalue weighted by molar-refractivity contribution is 7.94. The zero-order chi connectivity index (χ0) is 19.5. The summed E-state index contributed by atoms with van der Waals surface area (Å²) in [5.41, 5.74) is 4.33. The monoisotopic (exact) mass is 404 g/mol. The first kappa shape index (κ1) is 21.4. The van der Waals surface area contributed by atoms with Crippen LogP contribution >= 0.6 is 0 Å². The van der Waals surface area contributed by atoms with Crippen molar-refractivity contribution in [2.24, 2.45) is 0 Å². The number of rotatable bonds is 6. The molecule has 3 rings (SSSR count). The molecule has 0 atom stereocenters. The molecule has 3 aromatic rings. The second-order valence-electron chi connectivity index (χ2n) is 5.88. The van der Waals surface area contributed by atoms with Gasteiger partial charge in [-0.15, -0.1) is 10.2 Å². The second kappa shape index (κ2) is 11.1. The van der Waals surface area contributed by atoms with Gasteiger partial charge in [-0.3, -0.25) is 0 Å². The van der Waals surface area contributed by atoms with Crippen LogP contribution in [0, 0.1) is 10.2 Å². The average Bonchev–Trinajstić information content (AvgIpc) is 2.63. The van der Waals surface area contributed by atoms with Crippen LogP contribution in [0.4, 0.5) is 0 Å². The fourth-order valence-corrected chi connectivity index (χ4v) is 4.88. The number of hydrogen-bond donors (Lipinski definition) is 0. The van der Waals surface area contributed by atoms with E-state index in [0.717, 1.165) is 17.3 Å². The third-order valence-corrected chi connectivity index (χ3v) is 5.87. The predicted molar refractivity (Wildman–Crippen MR) is 97.8 cm³/mol. The van der Waals surface area contributed by atoms with Crippen LogP contribution < -0.4 is 18.6 Å². The summed E-state index contributed by atoms with van der Waals surface area (Å²) in [6.07, 6.45) is 0. The summed E-state index contributed by atoms with van der Waals surface area (Å²) in [6, 6.07) is 32.6. The minimum atomic E-state index is -4.94. The Balaban J connectivity index is 0.000000465. The Kier molecular flexibility index (Phi) is 8.81. The van der Waals surface area contributed by atoms with Gasteiger partial charge in [0.2, 0.25) is 0 Å². The first-order valence-corrected chi connectivity index (χ1v) is 11.2. The van der Waals surface area contributed by atoms with Gasteiger partial charge in [-0.05, 0) is 0 Å². The van der Waals surface area contributed by atoms with E-state index in [1.54, 1.807) is 0 Å². The first-order valence-electron chi connectivity index (χ1n) is 8.28. The molecular formula is C21H21ClO4S. The van der Waals surface area contributed by atoms with Crippen molar-refractivity contribution >= 4 is 10.9 Å². The van der Waals surface area contributed by atoms with E-state index >= 15 is 0 Å². The zero-order valence-electron chi connectivity index (χ0n) is 14.7. The lowest BCUT2D eigenvalue weighted by Crippen LogP contribution is -2.68. The van der Waals surface area contributed by atoms with Gasteiger partial charge in [0.1, 0.15) is 17.3 Å². The summed E-state index contributed by atoms with van der Waals surface area (Å²) in [5.74, 6) is 3.47. The highest BCUT2D eigenvalue weighted by atomic mass is 35.7. The molecule has 0 heterocycles. The van der Waals surface area contributed by atoms with Crippen LogP contribution in [-0.4, -0.2) is 0 Å². The molecule has 27 heavy (non-hydrogen) atoms. The van der Waals surface area contributed by atoms with Gasteiger partial charge in [0.15, 0.2) is 0 Å². The maximum atomic E-state index is 8.49. The van der Waals surface area contributed by atoms with E-state index in [-0.39, 0.29) is 0 Å². The van der Waals surface area contributed by atoms with Crippen molar-refractivity contribution in [3.8, 4) is 0 Å². The Morgan fingerprint density at radius 1 is 0.481 bits per heavy atom. The lowest BCUT2D eigenvalue weighted by Gasteiger charge is -2.17. The maximum absolute atomic E-state index is 8.49. The van der Waals surface area contributed by atoms with E-state index in [4.69, 9.17) is 18.6 Å². The predicted octanol–water partition coefficient (Wildman–Crippen LogP) is 0.449. The molecule has 6 heteroatoms. The summed E-state index contributed by atoms with van der Waals surface area (Å²) in [5, 5.41) is 0. The van der Waals surface area contributed by atoms with Gasteiger partial charge in [-0.1, -0.05) is 91.0 Å². The fourth-order valence-electron chi connectivity index (χ4n) is 2.58. The quantitative estimate of drug-likeness (QED) is 0.557. The minimum Gasteiger partial charge on any atom is -0.222 e. The standard InChI is InChI=1S/C21H21S.ClHO4/c1-4-10-19(11-5-1)16-22(17-20-12-6-2-7-13-20)18-21-14-8-3-9-15-21;2-1(3,4)5/h1-15H,16-18H2;(H,2,3,4,5)/q+1;/p-1. The SMILES string of the molecule is [O-][Cl+3]([O-])([O-])[O-].c1ccc(C[S+](Cc2ccccc2)Cc2ccccc2)cc1. The van der Waals surface area contributed by atoms with Crippen LogP contribution in [0.15, 0.2) is 91.0 Å². The Morgan fingerprint density at radius 2 is 0.704 bits per heavy atom. The lowest BCUT2D eigenvalue weighted by molar-refractivity contribution is -2.00. The molecule has 3 aromatic carbocycles. The largest absolute Gasteiger partial charge is 0.222 e. The summed E-state index contributed by atoms with van der Waals surface area (Å²) in [7, 11) is -4.62. The molecule has 0 spiro atoms. The van der Waals surface area contributed by atoms with Crippen molar-refractivity contribution in [2.45, 2.75) is 17.3 Å². The van der Waals surface area contributed by atoms with E-state index in [1.165, 1.54) is 16.7 Å². The van der Waals surface area contributed by atoms with Crippen LogP contribution in [0.2, 0.25) is 0 Å². The summed E-state index contributed by atoms with van der Waals surface area (Å²) >= 11 is 0. The molecule has 0 saturated heterocycles. The molecule has 0 bridgehead atoms. The molecule has 0 unspecified atom stereocenters. The normalized spacial score (nSPS) is 11.0. The van der Waals surface area contributed by atoms with Crippen LogP contribution in [0.5, 0.6) is 0 Å². The fraction of sp³-hybridized carbons (Fsp3) is 0.143. The molecule has 0 aliphatic heterocycles. The summed E-state index contributed by atoms with van der Waals surface area (Å²) in [4.78, 5) is 0. The van der Waals surface area contributed by atoms with Gasteiger partial charge < -0.3 is 0 Å². The number of hydrogen-bond acceptors (Lipinski definition) is 4. The summed E-state index contributed by atoms with van der Waals surface area (Å²) in [6.45, 7) is 0. The molecule has 4 nitrogen and oxygen atoms in total. The number of halogens is 1. The molecule has 142 valence electrons. The van der Waals surface area contributed by atoms with Crippen LogP contribution in [0.25, 0.3) is 0 Å². The Bertz CT molecular complexity index is 660. The van der Waals surface area contributed by atoms with Crippen LogP contribution in [0.1, 0.15) is 16.7 Å². The second-order valence-corrected chi connectivity index (χ2v) is 8.73. The van der Waals surface area contributed by atoms with Gasteiger partial charge in [0, 0.05) is 27.6 Å². The van der Waals surface area contributed by atoms with Gasteiger partial charge in [0.25, 0.3) is 0 Å². The lowest BCUT2D eigenvalue weighted by atomic mass is 10.2. The van der Waals surface area contributed by atoms with Crippen molar-refractivity contribution in [3.63, 3.8) is 0 Å². The molecule has 0 amide bonds. The topological polar surface area (TPSA) is 92.2 Å². The molecule has 0 aromatic heterocycles. The van der Waals surface area contributed by atoms with Crippen LogP contribution in [0.3, 0.4) is 0 Å². The Morgan fingerprint density at radius 3 is 0.926 bits per heavy atom. The van der Waals surface area contributed by atoms with Gasteiger partial charge in [0.05, 0.1) is 0 Å². The first-order chi connectivity index (χ1) is 12.9. The smallest absolute Gasteiger partial charge is 0.133 e. The molecular weight excluding hydrogens is 384 g/mol. The molecule has 0 aliphatic rings. The highest BCUT2D eigenvalue weighted by Crippen LogP contribution is 2.19. The van der Waals surface area contributed by atoms with E-state index in [0.29, 0.717) is 10.9 Å². The third kappa shape index (κ3) is 10.2. The van der Waals surface area contributed by atoms with Gasteiger partial charge in [-0.2, -0.15) is 0 Å². The highest BCUT2D eigenvalue weighted by Gasteiger charge is 2.20. The van der Waals surface area contributed by atoms with E-state index in [1.807, 2.05) is 0 Å². The van der Waals surface area contributed by atoms with Gasteiger partial charge >= 0.3 is 0 Å². The summed E-state index contributed by atoms with van der Waals surface area (Å²) < 4.78 is 34.0. The Labute approximate surface area is 164 Å². The average molecular weight is 405 g/mol. The van der Waals surface area contributed by atoms with E-state index < -0.39 is 10.2 Å². The zero-order valence-corrected chi connectivity index (χ0v) is 16.3. The molecule has 0 radical (unpaired) electrons. The molecule has 0 saturated carbocycles. The van der Waals surface area contributed by atoms with Crippen molar-refractivity contribution in [1.82, 2.24) is 0 Å². The third-order valence-electron chi connectivity index (χ3n) is 3.64. The molecule has 0 N–H and O–H groups in total. The van der Waals surface area contributed by atoms with Crippen molar-refractivity contribution in [2.75, 3.05) is 0 Å².